The normalized spacial score (nSPS) is 17.9. The van der Waals surface area contributed by atoms with Crippen LogP contribution in [-0.2, 0) is 9.59 Å². The number of benzene rings is 2. The molecule has 7 nitrogen and oxygen atoms in total. The molecule has 0 bridgehead atoms. The largest absolute Gasteiger partial charge is 0.507 e. The van der Waals surface area contributed by atoms with Gasteiger partial charge in [0, 0.05) is 11.6 Å². The molecule has 1 amide bonds. The Morgan fingerprint density at radius 2 is 1.90 bits per heavy atom. The molecule has 2 heterocycles. The summed E-state index contributed by atoms with van der Waals surface area (Å²) in [6.07, 6.45) is 0.842. The van der Waals surface area contributed by atoms with Gasteiger partial charge in [0.2, 0.25) is 0 Å². The molecule has 7 heteroatoms. The first kappa shape index (κ1) is 20.4. The Bertz CT molecular complexity index is 1150. The van der Waals surface area contributed by atoms with Crippen LogP contribution in [0.25, 0.3) is 5.76 Å². The molecule has 0 spiro atoms. The third-order valence-electron chi connectivity index (χ3n) is 5.00. The van der Waals surface area contributed by atoms with Gasteiger partial charge >= 0.3 is 5.91 Å². The van der Waals surface area contributed by atoms with Gasteiger partial charge in [0.15, 0.2) is 5.82 Å². The number of aliphatic hydroxyl groups is 1. The van der Waals surface area contributed by atoms with E-state index in [1.807, 2.05) is 13.0 Å². The van der Waals surface area contributed by atoms with Crippen LogP contribution in [-0.4, -0.2) is 28.6 Å². The van der Waals surface area contributed by atoms with E-state index < -0.39 is 17.7 Å². The van der Waals surface area contributed by atoms with Crippen molar-refractivity contribution in [2.45, 2.75) is 26.3 Å². The van der Waals surface area contributed by atoms with Crippen LogP contribution in [0.1, 0.15) is 36.3 Å². The SMILES string of the molecule is CCCOc1cccc([C@H]2/C(=C(\O)c3ccccc3)C(=O)C(=O)N2c2cc(C)on2)c1. The number of nitrogens with zero attached hydrogens (tertiary/aromatic N) is 2. The molecule has 158 valence electrons. The molecular weight excluding hydrogens is 396 g/mol. The van der Waals surface area contributed by atoms with Crippen molar-refractivity contribution in [3.05, 3.63) is 83.1 Å². The third-order valence-corrected chi connectivity index (χ3v) is 5.00. The molecule has 1 N–H and O–H groups in total. The molecule has 31 heavy (non-hydrogen) atoms. The molecule has 1 fully saturated rings. The average molecular weight is 418 g/mol. The first-order chi connectivity index (χ1) is 15.0. The lowest BCUT2D eigenvalue weighted by Crippen LogP contribution is -2.29. The predicted octanol–water partition coefficient (Wildman–Crippen LogP) is 4.40. The number of anilines is 1. The van der Waals surface area contributed by atoms with Gasteiger partial charge in [0.1, 0.15) is 17.3 Å². The maximum Gasteiger partial charge on any atom is 0.301 e. The maximum absolute atomic E-state index is 13.1. The summed E-state index contributed by atoms with van der Waals surface area (Å²) in [6, 6.07) is 16.5. The molecule has 4 rings (SSSR count). The number of carbonyl (C=O) groups is 2. The molecule has 0 unspecified atom stereocenters. The van der Waals surface area contributed by atoms with Crippen molar-refractivity contribution in [2.75, 3.05) is 11.5 Å². The lowest BCUT2D eigenvalue weighted by Gasteiger charge is -2.23. The van der Waals surface area contributed by atoms with Crippen molar-refractivity contribution in [3.8, 4) is 5.75 Å². The highest BCUT2D eigenvalue weighted by Crippen LogP contribution is 2.42. The summed E-state index contributed by atoms with van der Waals surface area (Å²) in [6.45, 7) is 4.24. The minimum Gasteiger partial charge on any atom is -0.507 e. The number of rotatable bonds is 6. The molecule has 2 aromatic carbocycles. The van der Waals surface area contributed by atoms with E-state index in [0.29, 0.717) is 29.2 Å². The summed E-state index contributed by atoms with van der Waals surface area (Å²) in [7, 11) is 0. The van der Waals surface area contributed by atoms with E-state index in [1.54, 1.807) is 61.5 Å². The molecule has 1 aromatic heterocycles. The summed E-state index contributed by atoms with van der Waals surface area (Å²) in [5.41, 5.74) is 1.05. The van der Waals surface area contributed by atoms with Crippen molar-refractivity contribution >= 4 is 23.3 Å². The average Bonchev–Trinajstić information content (AvgIpc) is 3.33. The highest BCUT2D eigenvalue weighted by atomic mass is 16.5. The van der Waals surface area contributed by atoms with Gasteiger partial charge in [0.25, 0.3) is 5.78 Å². The van der Waals surface area contributed by atoms with E-state index in [2.05, 4.69) is 5.16 Å². The van der Waals surface area contributed by atoms with Gasteiger partial charge in [-0.05, 0) is 31.0 Å². The zero-order chi connectivity index (χ0) is 22.0. The van der Waals surface area contributed by atoms with Crippen molar-refractivity contribution < 1.29 is 24.0 Å². The highest BCUT2D eigenvalue weighted by molar-refractivity contribution is 6.51. The first-order valence-electron chi connectivity index (χ1n) is 10.0. The number of carbonyl (C=O) groups excluding carboxylic acids is 2. The van der Waals surface area contributed by atoms with Crippen LogP contribution in [0.4, 0.5) is 5.82 Å². The Morgan fingerprint density at radius 3 is 2.58 bits per heavy atom. The lowest BCUT2D eigenvalue weighted by atomic mass is 9.95. The van der Waals surface area contributed by atoms with Crippen molar-refractivity contribution in [1.29, 1.82) is 0 Å². The monoisotopic (exact) mass is 418 g/mol. The zero-order valence-corrected chi connectivity index (χ0v) is 17.2. The zero-order valence-electron chi connectivity index (χ0n) is 17.2. The van der Waals surface area contributed by atoms with Crippen molar-refractivity contribution in [2.24, 2.45) is 0 Å². The number of Topliss-reactive ketones (excluding diaryl/α,β-unsaturated/α-hetero) is 1. The summed E-state index contributed by atoms with van der Waals surface area (Å²) in [5, 5.41) is 15.0. The number of hydrogen-bond acceptors (Lipinski definition) is 6. The Hall–Kier alpha value is -3.87. The van der Waals surface area contributed by atoms with E-state index in [1.165, 1.54) is 4.90 Å². The number of hydrogen-bond donors (Lipinski definition) is 1. The van der Waals surface area contributed by atoms with Gasteiger partial charge in [-0.3, -0.25) is 14.5 Å². The van der Waals surface area contributed by atoms with Crippen LogP contribution in [0.5, 0.6) is 5.75 Å². The Labute approximate surface area is 179 Å². The molecule has 0 aliphatic carbocycles. The van der Waals surface area contributed by atoms with Gasteiger partial charge in [-0.25, -0.2) is 0 Å². The molecular formula is C24H22N2O5. The van der Waals surface area contributed by atoms with E-state index in [0.717, 1.165) is 6.42 Å². The quantitative estimate of drug-likeness (QED) is 0.362. The van der Waals surface area contributed by atoms with E-state index >= 15 is 0 Å². The number of aliphatic hydroxyl groups excluding tert-OH is 1. The number of ether oxygens (including phenoxy) is 1. The number of aromatic nitrogens is 1. The Kier molecular flexibility index (Phi) is 5.58. The fraction of sp³-hybridized carbons (Fsp3) is 0.208. The molecule has 0 saturated carbocycles. The second-order valence-corrected chi connectivity index (χ2v) is 7.25. The van der Waals surface area contributed by atoms with Gasteiger partial charge in [0.05, 0.1) is 18.2 Å². The van der Waals surface area contributed by atoms with Crippen LogP contribution in [0.2, 0.25) is 0 Å². The number of aryl methyl sites for hydroxylation is 1. The lowest BCUT2D eigenvalue weighted by molar-refractivity contribution is -0.132. The van der Waals surface area contributed by atoms with Crippen LogP contribution >= 0.6 is 0 Å². The molecule has 1 aliphatic heterocycles. The minimum absolute atomic E-state index is 0.00973. The van der Waals surface area contributed by atoms with Gasteiger partial charge < -0.3 is 14.4 Å². The van der Waals surface area contributed by atoms with Crippen molar-refractivity contribution in [1.82, 2.24) is 5.16 Å². The van der Waals surface area contributed by atoms with Gasteiger partial charge in [-0.1, -0.05) is 54.5 Å². The Morgan fingerprint density at radius 1 is 1.13 bits per heavy atom. The van der Waals surface area contributed by atoms with Crippen LogP contribution < -0.4 is 9.64 Å². The highest BCUT2D eigenvalue weighted by Gasteiger charge is 2.48. The van der Waals surface area contributed by atoms with Crippen LogP contribution in [0.3, 0.4) is 0 Å². The molecule has 1 saturated heterocycles. The third kappa shape index (κ3) is 3.82. The second kappa shape index (κ2) is 8.47. The molecule has 1 atom stereocenters. The smallest absolute Gasteiger partial charge is 0.301 e. The predicted molar refractivity (Wildman–Crippen MR) is 115 cm³/mol. The number of amides is 1. The fourth-order valence-electron chi connectivity index (χ4n) is 3.60. The van der Waals surface area contributed by atoms with E-state index in [4.69, 9.17) is 9.26 Å². The maximum atomic E-state index is 13.1. The van der Waals surface area contributed by atoms with E-state index in [9.17, 15) is 14.7 Å². The molecule has 0 radical (unpaired) electrons. The summed E-state index contributed by atoms with van der Waals surface area (Å²) >= 11 is 0. The fourth-order valence-corrected chi connectivity index (χ4v) is 3.60. The Balaban J connectivity index is 1.90. The van der Waals surface area contributed by atoms with Gasteiger partial charge in [-0.2, -0.15) is 0 Å². The summed E-state index contributed by atoms with van der Waals surface area (Å²) < 4.78 is 10.9. The standard InChI is InChI=1S/C24H22N2O5/c1-3-12-30-18-11-7-10-17(14-18)21-20(22(27)16-8-5-4-6-9-16)23(28)24(29)26(21)19-13-15(2)31-25-19/h4-11,13-14,21,27H,3,12H2,1-2H3/b22-20+/t21-/m0/s1. The summed E-state index contributed by atoms with van der Waals surface area (Å²) in [5.74, 6) is -0.495. The minimum atomic E-state index is -0.880. The van der Waals surface area contributed by atoms with Crippen LogP contribution in [0, 0.1) is 6.92 Å². The summed E-state index contributed by atoms with van der Waals surface area (Å²) in [4.78, 5) is 27.3. The molecule has 3 aromatic rings. The van der Waals surface area contributed by atoms with E-state index in [-0.39, 0.29) is 17.2 Å². The second-order valence-electron chi connectivity index (χ2n) is 7.25. The van der Waals surface area contributed by atoms with Crippen molar-refractivity contribution in [3.63, 3.8) is 0 Å². The number of ketones is 1. The van der Waals surface area contributed by atoms with Crippen LogP contribution in [0.15, 0.2) is 70.8 Å². The van der Waals surface area contributed by atoms with Gasteiger partial charge in [-0.15, -0.1) is 0 Å². The topological polar surface area (TPSA) is 92.9 Å². The molecule has 1 aliphatic rings. The first-order valence-corrected chi connectivity index (χ1v) is 10.0.